The van der Waals surface area contributed by atoms with E-state index in [1.54, 1.807) is 37.0 Å². The molecule has 0 saturated heterocycles. The Bertz CT molecular complexity index is 1010. The number of fused-ring (bicyclic) bond motifs is 1. The minimum absolute atomic E-state index is 0.230. The third kappa shape index (κ3) is 6.22. The van der Waals surface area contributed by atoms with Crippen LogP contribution in [-0.4, -0.2) is 50.6 Å². The molecule has 0 aromatic heterocycles. The Morgan fingerprint density at radius 1 is 1.00 bits per heavy atom. The molecule has 0 saturated carbocycles. The summed E-state index contributed by atoms with van der Waals surface area (Å²) in [5.74, 6) is 1.02. The number of rotatable bonds is 10. The van der Waals surface area contributed by atoms with Crippen molar-refractivity contribution in [3.05, 3.63) is 53.6 Å². The zero-order chi connectivity index (χ0) is 26.1. The molecule has 36 heavy (non-hydrogen) atoms. The van der Waals surface area contributed by atoms with Gasteiger partial charge in [0, 0.05) is 24.2 Å². The molecule has 2 amide bonds. The summed E-state index contributed by atoms with van der Waals surface area (Å²) in [6.07, 6.45) is 2.56. The molecule has 2 aromatic carbocycles. The number of nitrogens with zero attached hydrogens (tertiary/aromatic N) is 2. The molecule has 196 valence electrons. The van der Waals surface area contributed by atoms with E-state index in [0.717, 1.165) is 30.4 Å². The van der Waals surface area contributed by atoms with Crippen molar-refractivity contribution >= 4 is 17.9 Å². The van der Waals surface area contributed by atoms with Crippen molar-refractivity contribution in [2.24, 2.45) is 0 Å². The predicted octanol–water partition coefficient (Wildman–Crippen LogP) is 6.33. The van der Waals surface area contributed by atoms with Gasteiger partial charge in [0.2, 0.25) is 0 Å². The molecule has 8 heteroatoms. The minimum Gasteiger partial charge on any atom is -0.493 e. The maximum atomic E-state index is 13.2. The van der Waals surface area contributed by atoms with Crippen LogP contribution in [0.1, 0.15) is 63.6 Å². The summed E-state index contributed by atoms with van der Waals surface area (Å²) in [6, 6.07) is 12.8. The second-order valence-corrected chi connectivity index (χ2v) is 8.87. The van der Waals surface area contributed by atoms with Crippen molar-refractivity contribution in [3.63, 3.8) is 0 Å². The monoisotopic (exact) mass is 498 g/mol. The van der Waals surface area contributed by atoms with Crippen LogP contribution in [0.5, 0.6) is 11.5 Å². The van der Waals surface area contributed by atoms with Crippen LogP contribution in [0.4, 0.5) is 15.3 Å². The lowest BCUT2D eigenvalue weighted by atomic mass is 9.90. The fraction of sp³-hybridized carbons (Fsp3) is 0.500. The second kappa shape index (κ2) is 13.0. The summed E-state index contributed by atoms with van der Waals surface area (Å²) in [5, 5.41) is 0. The van der Waals surface area contributed by atoms with Crippen LogP contribution in [0.15, 0.2) is 42.5 Å². The first-order chi connectivity index (χ1) is 17.4. The maximum Gasteiger partial charge on any atom is 0.414 e. The normalized spacial score (nSPS) is 16.6. The highest BCUT2D eigenvalue weighted by molar-refractivity contribution is 5.91. The van der Waals surface area contributed by atoms with Crippen molar-refractivity contribution in [3.8, 4) is 11.5 Å². The van der Waals surface area contributed by atoms with E-state index in [-0.39, 0.29) is 18.7 Å². The molecule has 3 rings (SSSR count). The lowest BCUT2D eigenvalue weighted by Gasteiger charge is -2.42. The number of carbonyl (C=O) groups excluding carboxylic acids is 2. The van der Waals surface area contributed by atoms with Gasteiger partial charge in [-0.05, 0) is 38.3 Å². The minimum atomic E-state index is -0.408. The second-order valence-electron chi connectivity index (χ2n) is 8.87. The van der Waals surface area contributed by atoms with Crippen molar-refractivity contribution in [1.82, 2.24) is 4.90 Å². The van der Waals surface area contributed by atoms with E-state index in [9.17, 15) is 9.59 Å². The zero-order valence-electron chi connectivity index (χ0n) is 22.0. The van der Waals surface area contributed by atoms with Gasteiger partial charge in [0.15, 0.2) is 11.5 Å². The Labute approximate surface area is 214 Å². The Hall–Kier alpha value is -3.42. The first-order valence-corrected chi connectivity index (χ1v) is 12.6. The van der Waals surface area contributed by atoms with Crippen molar-refractivity contribution in [2.45, 2.75) is 65.1 Å². The van der Waals surface area contributed by atoms with Gasteiger partial charge in [0.05, 0.1) is 39.2 Å². The molecule has 0 spiro atoms. The molecule has 0 N–H and O–H groups in total. The maximum absolute atomic E-state index is 13.2. The van der Waals surface area contributed by atoms with Gasteiger partial charge < -0.3 is 18.9 Å². The van der Waals surface area contributed by atoms with Gasteiger partial charge in [-0.25, -0.2) is 9.59 Å². The number of methoxy groups -OCH3 is 2. The smallest absolute Gasteiger partial charge is 0.414 e. The zero-order valence-corrected chi connectivity index (χ0v) is 22.0. The SMILES string of the molecule is CCCCCOC(=O)N1c2cc(OC)c(OC)cc2[C@H](N(Cc2ccccc2)C(=O)OCC)C[C@@H]1C. The lowest BCUT2D eigenvalue weighted by Crippen LogP contribution is -2.47. The number of carbonyl (C=O) groups is 2. The van der Waals surface area contributed by atoms with Gasteiger partial charge in [0.1, 0.15) is 0 Å². The van der Waals surface area contributed by atoms with E-state index in [1.165, 1.54) is 0 Å². The average molecular weight is 499 g/mol. The van der Waals surface area contributed by atoms with E-state index in [1.807, 2.05) is 43.3 Å². The summed E-state index contributed by atoms with van der Waals surface area (Å²) in [4.78, 5) is 29.8. The van der Waals surface area contributed by atoms with Crippen molar-refractivity contribution < 1.29 is 28.5 Å². The molecular formula is C28H38N2O6. The Balaban J connectivity index is 2.05. The molecule has 0 fully saturated rings. The molecule has 1 aliphatic rings. The van der Waals surface area contributed by atoms with Crippen LogP contribution >= 0.6 is 0 Å². The Kier molecular flexibility index (Phi) is 9.85. The number of hydrogen-bond acceptors (Lipinski definition) is 6. The summed E-state index contributed by atoms with van der Waals surface area (Å²) < 4.78 is 22.2. The highest BCUT2D eigenvalue weighted by Crippen LogP contribution is 2.46. The summed E-state index contributed by atoms with van der Waals surface area (Å²) in [5.41, 5.74) is 2.40. The van der Waals surface area contributed by atoms with E-state index < -0.39 is 12.2 Å². The van der Waals surface area contributed by atoms with Crippen LogP contribution in [0.25, 0.3) is 0 Å². The fourth-order valence-corrected chi connectivity index (χ4v) is 4.60. The molecule has 8 nitrogen and oxygen atoms in total. The quantitative estimate of drug-likeness (QED) is 0.356. The summed E-state index contributed by atoms with van der Waals surface area (Å²) >= 11 is 0. The topological polar surface area (TPSA) is 77.5 Å². The van der Waals surface area contributed by atoms with Crippen LogP contribution in [0.2, 0.25) is 0 Å². The van der Waals surface area contributed by atoms with Gasteiger partial charge in [-0.2, -0.15) is 0 Å². The molecule has 0 aliphatic carbocycles. The van der Waals surface area contributed by atoms with Crippen LogP contribution in [-0.2, 0) is 16.0 Å². The number of amides is 2. The molecule has 0 radical (unpaired) electrons. The van der Waals surface area contributed by atoms with Gasteiger partial charge in [-0.1, -0.05) is 50.1 Å². The average Bonchev–Trinajstić information content (AvgIpc) is 2.89. The largest absolute Gasteiger partial charge is 0.493 e. The number of unbranched alkanes of at least 4 members (excludes halogenated alkanes) is 2. The van der Waals surface area contributed by atoms with Crippen LogP contribution < -0.4 is 14.4 Å². The molecular weight excluding hydrogens is 460 g/mol. The van der Waals surface area contributed by atoms with E-state index >= 15 is 0 Å². The van der Waals surface area contributed by atoms with E-state index in [0.29, 0.717) is 36.8 Å². The molecule has 1 aliphatic heterocycles. The molecule has 2 aromatic rings. The van der Waals surface area contributed by atoms with E-state index in [2.05, 4.69) is 6.92 Å². The number of benzene rings is 2. The molecule has 0 unspecified atom stereocenters. The predicted molar refractivity (Wildman–Crippen MR) is 139 cm³/mol. The summed E-state index contributed by atoms with van der Waals surface area (Å²) in [6.45, 7) is 6.86. The Morgan fingerprint density at radius 3 is 2.33 bits per heavy atom. The van der Waals surface area contributed by atoms with Crippen LogP contribution in [0, 0.1) is 0 Å². The van der Waals surface area contributed by atoms with Gasteiger partial charge in [0.25, 0.3) is 0 Å². The lowest BCUT2D eigenvalue weighted by molar-refractivity contribution is 0.0808. The highest BCUT2D eigenvalue weighted by atomic mass is 16.6. The van der Waals surface area contributed by atoms with Gasteiger partial charge in [-0.3, -0.25) is 9.80 Å². The van der Waals surface area contributed by atoms with Gasteiger partial charge in [-0.15, -0.1) is 0 Å². The van der Waals surface area contributed by atoms with Crippen LogP contribution in [0.3, 0.4) is 0 Å². The molecule has 1 heterocycles. The highest BCUT2D eigenvalue weighted by Gasteiger charge is 2.40. The van der Waals surface area contributed by atoms with E-state index in [4.69, 9.17) is 18.9 Å². The molecule has 0 bridgehead atoms. The number of hydrogen-bond donors (Lipinski definition) is 0. The number of ether oxygens (including phenoxy) is 4. The van der Waals surface area contributed by atoms with Crippen molar-refractivity contribution in [1.29, 1.82) is 0 Å². The van der Waals surface area contributed by atoms with Gasteiger partial charge >= 0.3 is 12.2 Å². The first kappa shape index (κ1) is 27.2. The first-order valence-electron chi connectivity index (χ1n) is 12.6. The standard InChI is InChI=1S/C28H38N2O6/c1-6-8-12-15-36-28(32)30-20(3)16-23(22-17-25(33-4)26(34-5)18-24(22)30)29(27(31)35-7-2)19-21-13-10-9-11-14-21/h9-11,13-14,17-18,20,23H,6-8,12,15-16,19H2,1-5H3/t20-,23+/m0/s1. The van der Waals surface area contributed by atoms with Crippen molar-refractivity contribution in [2.75, 3.05) is 32.3 Å². The third-order valence-electron chi connectivity index (χ3n) is 6.40. The summed E-state index contributed by atoms with van der Waals surface area (Å²) in [7, 11) is 3.12. The molecule has 2 atom stereocenters. The fourth-order valence-electron chi connectivity index (χ4n) is 4.60. The third-order valence-corrected chi connectivity index (χ3v) is 6.40. The Morgan fingerprint density at radius 2 is 1.69 bits per heavy atom. The number of anilines is 1.